The highest BCUT2D eigenvalue weighted by Crippen LogP contribution is 2.35. The molecule has 0 aliphatic carbocycles. The molecule has 6 aromatic rings. The van der Waals surface area contributed by atoms with Crippen LogP contribution in [0.15, 0.2) is 96.6 Å². The maximum absolute atomic E-state index is 9.45. The summed E-state index contributed by atoms with van der Waals surface area (Å²) in [4.78, 5) is 17.6. The van der Waals surface area contributed by atoms with Gasteiger partial charge in [-0.15, -0.1) is 11.3 Å². The van der Waals surface area contributed by atoms with E-state index in [0.29, 0.717) is 18.1 Å². The van der Waals surface area contributed by atoms with Crippen LogP contribution in [-0.4, -0.2) is 45.7 Å². The summed E-state index contributed by atoms with van der Waals surface area (Å²) in [5.41, 5.74) is 8.14. The number of imidazole rings is 1. The first-order valence-corrected chi connectivity index (χ1v) is 14.9. The molecule has 3 aromatic heterocycles. The minimum Gasteiger partial charge on any atom is -0.381 e. The SMILES string of the molecule is N#Cc1ccccc1CNc1cccc(-c2nc3sccn3c2-c2ccnc(Nc3ccc(N4CCOCC4)cc3)n2)c1. The second kappa shape index (κ2) is 11.9. The third-order valence-electron chi connectivity index (χ3n) is 7.42. The van der Waals surface area contributed by atoms with Crippen LogP contribution in [0.25, 0.3) is 27.6 Å². The summed E-state index contributed by atoms with van der Waals surface area (Å²) in [6.45, 7) is 3.86. The van der Waals surface area contributed by atoms with Crippen molar-refractivity contribution in [3.8, 4) is 28.7 Å². The summed E-state index contributed by atoms with van der Waals surface area (Å²) in [7, 11) is 0. The van der Waals surface area contributed by atoms with E-state index < -0.39 is 0 Å². The fourth-order valence-electron chi connectivity index (χ4n) is 5.25. The van der Waals surface area contributed by atoms with Crippen LogP contribution in [0, 0.1) is 11.3 Å². The number of rotatable bonds is 8. The highest BCUT2D eigenvalue weighted by Gasteiger charge is 2.19. The number of fused-ring (bicyclic) bond motifs is 1. The van der Waals surface area contributed by atoms with Gasteiger partial charge in [-0.25, -0.2) is 15.0 Å². The third kappa shape index (κ3) is 5.64. The van der Waals surface area contributed by atoms with E-state index in [2.05, 4.69) is 67.4 Å². The van der Waals surface area contributed by atoms with Crippen molar-refractivity contribution in [3.05, 3.63) is 108 Å². The summed E-state index contributed by atoms with van der Waals surface area (Å²) < 4.78 is 7.55. The second-order valence-electron chi connectivity index (χ2n) is 10.1. The van der Waals surface area contributed by atoms with Crippen molar-refractivity contribution in [3.63, 3.8) is 0 Å². The molecule has 9 nitrogen and oxygen atoms in total. The zero-order chi connectivity index (χ0) is 29.0. The Balaban J connectivity index is 1.16. The number of anilines is 4. The van der Waals surface area contributed by atoms with E-state index in [-0.39, 0.29) is 0 Å². The topological polar surface area (TPSA) is 103 Å². The third-order valence-corrected chi connectivity index (χ3v) is 8.17. The predicted octanol–water partition coefficient (Wildman–Crippen LogP) is 6.58. The van der Waals surface area contributed by atoms with Gasteiger partial charge in [-0.1, -0.05) is 30.3 Å². The van der Waals surface area contributed by atoms with Gasteiger partial charge in [0.1, 0.15) is 5.69 Å². The fraction of sp³-hybridized carbons (Fsp3) is 0.152. The van der Waals surface area contributed by atoms with E-state index in [0.717, 1.165) is 70.8 Å². The van der Waals surface area contributed by atoms with Crippen LogP contribution < -0.4 is 15.5 Å². The average Bonchev–Trinajstić information content (AvgIpc) is 3.67. The van der Waals surface area contributed by atoms with Gasteiger partial charge >= 0.3 is 0 Å². The molecule has 3 aromatic carbocycles. The second-order valence-corrected chi connectivity index (χ2v) is 11.0. The normalized spacial score (nSPS) is 13.1. The molecular weight excluding hydrogens is 556 g/mol. The number of nitrogens with one attached hydrogen (secondary N) is 2. The van der Waals surface area contributed by atoms with Gasteiger partial charge in [0.2, 0.25) is 5.95 Å². The van der Waals surface area contributed by atoms with E-state index in [1.54, 1.807) is 17.5 Å². The average molecular weight is 585 g/mol. The molecule has 0 radical (unpaired) electrons. The van der Waals surface area contributed by atoms with E-state index in [1.807, 2.05) is 54.0 Å². The van der Waals surface area contributed by atoms with Crippen LogP contribution in [0.5, 0.6) is 0 Å². The summed E-state index contributed by atoms with van der Waals surface area (Å²) in [5.74, 6) is 0.513. The van der Waals surface area contributed by atoms with E-state index >= 15 is 0 Å². The van der Waals surface area contributed by atoms with Gasteiger partial charge in [-0.05, 0) is 54.1 Å². The van der Waals surface area contributed by atoms with Crippen LogP contribution in [0.3, 0.4) is 0 Å². The lowest BCUT2D eigenvalue weighted by Crippen LogP contribution is -2.36. The molecule has 0 saturated carbocycles. The molecule has 212 valence electrons. The number of morpholine rings is 1. The van der Waals surface area contributed by atoms with Crippen LogP contribution in [-0.2, 0) is 11.3 Å². The molecule has 1 fully saturated rings. The molecule has 0 spiro atoms. The molecule has 43 heavy (non-hydrogen) atoms. The number of hydrogen-bond acceptors (Lipinski definition) is 9. The zero-order valence-corrected chi connectivity index (χ0v) is 24.1. The number of hydrogen-bond donors (Lipinski definition) is 2. The Morgan fingerprint density at radius 1 is 0.930 bits per heavy atom. The first kappa shape index (κ1) is 26.6. The van der Waals surface area contributed by atoms with Crippen molar-refractivity contribution in [1.82, 2.24) is 19.4 Å². The van der Waals surface area contributed by atoms with Crippen molar-refractivity contribution in [2.24, 2.45) is 0 Å². The van der Waals surface area contributed by atoms with Crippen molar-refractivity contribution in [1.29, 1.82) is 5.26 Å². The summed E-state index contributed by atoms with van der Waals surface area (Å²) in [5, 5.41) is 18.3. The first-order chi connectivity index (χ1) is 21.2. The molecule has 1 aliphatic rings. The Morgan fingerprint density at radius 3 is 2.65 bits per heavy atom. The first-order valence-electron chi connectivity index (χ1n) is 14.1. The van der Waals surface area contributed by atoms with Crippen molar-refractivity contribution in [2.45, 2.75) is 6.54 Å². The molecule has 1 saturated heterocycles. The molecule has 2 N–H and O–H groups in total. The Morgan fingerprint density at radius 2 is 1.79 bits per heavy atom. The summed E-state index contributed by atoms with van der Waals surface area (Å²) >= 11 is 1.58. The van der Waals surface area contributed by atoms with Crippen LogP contribution in [0.2, 0.25) is 0 Å². The maximum atomic E-state index is 9.45. The number of aromatic nitrogens is 4. The molecule has 10 heteroatoms. The van der Waals surface area contributed by atoms with Crippen LogP contribution in [0.1, 0.15) is 11.1 Å². The van der Waals surface area contributed by atoms with E-state index in [4.69, 9.17) is 14.7 Å². The Kier molecular flexibility index (Phi) is 7.40. The molecule has 0 unspecified atom stereocenters. The molecule has 0 bridgehead atoms. The van der Waals surface area contributed by atoms with Gasteiger partial charge in [0, 0.05) is 60.0 Å². The Hall–Kier alpha value is -5.24. The number of ether oxygens (including phenoxy) is 1. The highest BCUT2D eigenvalue weighted by atomic mass is 32.1. The number of thiazole rings is 1. The number of nitrogens with zero attached hydrogens (tertiary/aromatic N) is 6. The predicted molar refractivity (Wildman–Crippen MR) is 171 cm³/mol. The molecule has 0 atom stereocenters. The summed E-state index contributed by atoms with van der Waals surface area (Å²) in [6, 6.07) is 28.3. The molecular formula is C33H28N8OS. The lowest BCUT2D eigenvalue weighted by atomic mass is 10.1. The Bertz CT molecular complexity index is 1920. The van der Waals surface area contributed by atoms with Crippen molar-refractivity contribution < 1.29 is 4.74 Å². The van der Waals surface area contributed by atoms with E-state index in [9.17, 15) is 5.26 Å². The molecule has 4 heterocycles. The molecule has 7 rings (SSSR count). The highest BCUT2D eigenvalue weighted by molar-refractivity contribution is 7.15. The van der Waals surface area contributed by atoms with Gasteiger partial charge < -0.3 is 20.3 Å². The minimum absolute atomic E-state index is 0.513. The van der Waals surface area contributed by atoms with Crippen molar-refractivity contribution >= 4 is 39.3 Å². The monoisotopic (exact) mass is 584 g/mol. The van der Waals surface area contributed by atoms with Gasteiger partial charge in [0.15, 0.2) is 4.96 Å². The van der Waals surface area contributed by atoms with Crippen LogP contribution in [0.4, 0.5) is 23.0 Å². The Labute approximate surface area is 253 Å². The number of benzene rings is 3. The summed E-state index contributed by atoms with van der Waals surface area (Å²) in [6.07, 6.45) is 3.79. The van der Waals surface area contributed by atoms with Gasteiger partial charge in [-0.2, -0.15) is 5.26 Å². The van der Waals surface area contributed by atoms with Gasteiger partial charge in [0.25, 0.3) is 0 Å². The lowest BCUT2D eigenvalue weighted by Gasteiger charge is -2.28. The standard InChI is InChI=1S/C33H28N8OS/c34-21-24-4-1-2-5-25(24)22-36-27-7-3-6-23(20-27)30-31(41-16-19-43-33(41)39-30)29-12-13-35-32(38-29)37-26-8-10-28(11-9-26)40-14-17-42-18-15-40/h1-13,16,19-20,36H,14-15,17-18,22H2,(H,35,37,38). The quantitative estimate of drug-likeness (QED) is 0.207. The van der Waals surface area contributed by atoms with Gasteiger partial charge in [0.05, 0.1) is 36.2 Å². The lowest BCUT2D eigenvalue weighted by molar-refractivity contribution is 0.122. The maximum Gasteiger partial charge on any atom is 0.227 e. The van der Waals surface area contributed by atoms with Crippen molar-refractivity contribution in [2.75, 3.05) is 41.8 Å². The smallest absolute Gasteiger partial charge is 0.227 e. The van der Waals surface area contributed by atoms with Gasteiger partial charge in [-0.3, -0.25) is 4.40 Å². The van der Waals surface area contributed by atoms with Crippen LogP contribution >= 0.6 is 11.3 Å². The minimum atomic E-state index is 0.513. The fourth-order valence-corrected chi connectivity index (χ4v) is 5.96. The molecule has 0 amide bonds. The zero-order valence-electron chi connectivity index (χ0n) is 23.3. The molecule has 1 aliphatic heterocycles. The largest absolute Gasteiger partial charge is 0.381 e. The van der Waals surface area contributed by atoms with E-state index in [1.165, 1.54) is 5.69 Å². The number of nitriles is 1.